The third-order valence-corrected chi connectivity index (χ3v) is 2.04. The van der Waals surface area contributed by atoms with Gasteiger partial charge in [0.1, 0.15) is 5.15 Å². The van der Waals surface area contributed by atoms with Gasteiger partial charge in [0.2, 0.25) is 0 Å². The topological polar surface area (TPSA) is 12.9 Å². The van der Waals surface area contributed by atoms with Gasteiger partial charge >= 0.3 is 6.18 Å². The highest BCUT2D eigenvalue weighted by atomic mass is 35.5. The number of aromatic nitrogens is 1. The molecular weight excluding hydrogens is 250 g/mol. The number of allylic oxidation sites excluding steroid dienone is 1. The lowest BCUT2D eigenvalue weighted by atomic mass is 10.2. The fraction of sp³-hybridized carbons (Fsp3) is 0.222. The lowest BCUT2D eigenvalue weighted by molar-refractivity contribution is -0.137. The molecule has 6 heteroatoms. The van der Waals surface area contributed by atoms with Gasteiger partial charge in [0.15, 0.2) is 0 Å². The van der Waals surface area contributed by atoms with Gasteiger partial charge in [0.25, 0.3) is 0 Å². The molecule has 0 N–H and O–H groups in total. The Kier molecular flexibility index (Phi) is 3.99. The molecular formula is C9H6Cl2F3N. The molecule has 0 aromatic carbocycles. The Balaban J connectivity index is 3.11. The summed E-state index contributed by atoms with van der Waals surface area (Å²) in [5.41, 5.74) is -0.631. The van der Waals surface area contributed by atoms with Crippen LogP contribution < -0.4 is 0 Å². The average molecular weight is 256 g/mol. The van der Waals surface area contributed by atoms with Crippen molar-refractivity contribution in [3.63, 3.8) is 0 Å². The molecule has 0 amide bonds. The van der Waals surface area contributed by atoms with Crippen molar-refractivity contribution < 1.29 is 13.2 Å². The van der Waals surface area contributed by atoms with Gasteiger partial charge in [-0.3, -0.25) is 0 Å². The summed E-state index contributed by atoms with van der Waals surface area (Å²) in [6.45, 7) is 0. The first-order chi connectivity index (χ1) is 6.95. The number of halogens is 5. The van der Waals surface area contributed by atoms with E-state index < -0.39 is 16.9 Å². The summed E-state index contributed by atoms with van der Waals surface area (Å²) >= 11 is 10.7. The zero-order valence-electron chi connectivity index (χ0n) is 7.35. The van der Waals surface area contributed by atoms with Crippen LogP contribution in [0.4, 0.5) is 13.2 Å². The van der Waals surface area contributed by atoms with Crippen molar-refractivity contribution in [2.24, 2.45) is 0 Å². The molecule has 15 heavy (non-hydrogen) atoms. The standard InChI is InChI=1S/C9H6Cl2F3N/c10-3-1-2-6-4-7(9(12,13)14)8(11)15-5-6/h1-2,4-5H,3H2. The number of hydrogen-bond donors (Lipinski definition) is 0. The molecule has 0 fully saturated rings. The van der Waals surface area contributed by atoms with E-state index in [1.165, 1.54) is 18.3 Å². The molecule has 0 aliphatic rings. The van der Waals surface area contributed by atoms with Gasteiger partial charge in [-0.2, -0.15) is 13.2 Å². The maximum absolute atomic E-state index is 12.4. The number of hydrogen-bond acceptors (Lipinski definition) is 1. The van der Waals surface area contributed by atoms with Crippen LogP contribution in [0.25, 0.3) is 6.08 Å². The third kappa shape index (κ3) is 3.39. The Morgan fingerprint density at radius 1 is 1.40 bits per heavy atom. The maximum atomic E-state index is 12.4. The fourth-order valence-corrected chi connectivity index (χ4v) is 1.23. The molecule has 0 saturated heterocycles. The van der Waals surface area contributed by atoms with Crippen LogP contribution in [0.1, 0.15) is 11.1 Å². The van der Waals surface area contributed by atoms with E-state index in [1.54, 1.807) is 0 Å². The fourth-order valence-electron chi connectivity index (χ4n) is 0.935. The van der Waals surface area contributed by atoms with Crippen LogP contribution in [-0.2, 0) is 6.18 Å². The van der Waals surface area contributed by atoms with Crippen LogP contribution in [0, 0.1) is 0 Å². The van der Waals surface area contributed by atoms with Gasteiger partial charge in [-0.05, 0) is 11.6 Å². The van der Waals surface area contributed by atoms with Gasteiger partial charge in [-0.25, -0.2) is 4.98 Å². The van der Waals surface area contributed by atoms with Gasteiger partial charge < -0.3 is 0 Å². The van der Waals surface area contributed by atoms with Crippen molar-refractivity contribution in [2.45, 2.75) is 6.18 Å². The van der Waals surface area contributed by atoms with E-state index in [1.807, 2.05) is 0 Å². The van der Waals surface area contributed by atoms with Crippen LogP contribution in [-0.4, -0.2) is 10.9 Å². The summed E-state index contributed by atoms with van der Waals surface area (Å²) in [6, 6.07) is 0.929. The summed E-state index contributed by atoms with van der Waals surface area (Å²) in [4.78, 5) is 3.45. The van der Waals surface area contributed by atoms with Gasteiger partial charge in [-0.1, -0.05) is 23.8 Å². The summed E-state index contributed by atoms with van der Waals surface area (Å²) in [7, 11) is 0. The van der Waals surface area contributed by atoms with Crippen molar-refractivity contribution in [3.05, 3.63) is 34.6 Å². The molecule has 0 bridgehead atoms. The molecule has 0 aliphatic heterocycles. The zero-order chi connectivity index (χ0) is 11.5. The lowest BCUT2D eigenvalue weighted by Crippen LogP contribution is -2.07. The summed E-state index contributed by atoms with van der Waals surface area (Å²) < 4.78 is 37.1. The van der Waals surface area contributed by atoms with E-state index in [2.05, 4.69) is 4.98 Å². The van der Waals surface area contributed by atoms with E-state index in [0.29, 0.717) is 5.56 Å². The minimum atomic E-state index is -4.49. The van der Waals surface area contributed by atoms with Crippen molar-refractivity contribution >= 4 is 29.3 Å². The van der Waals surface area contributed by atoms with E-state index in [0.717, 1.165) is 6.07 Å². The van der Waals surface area contributed by atoms with Crippen molar-refractivity contribution in [1.29, 1.82) is 0 Å². The van der Waals surface area contributed by atoms with Gasteiger partial charge in [0.05, 0.1) is 5.56 Å². The number of alkyl halides is 4. The second-order valence-corrected chi connectivity index (χ2v) is 3.33. The minimum absolute atomic E-state index is 0.226. The summed E-state index contributed by atoms with van der Waals surface area (Å²) in [5.74, 6) is 0.226. The number of pyridine rings is 1. The van der Waals surface area contributed by atoms with E-state index in [4.69, 9.17) is 23.2 Å². The van der Waals surface area contributed by atoms with Gasteiger partial charge in [-0.15, -0.1) is 11.6 Å². The predicted octanol–water partition coefficient (Wildman–Crippen LogP) is 4.01. The second-order valence-electron chi connectivity index (χ2n) is 2.66. The van der Waals surface area contributed by atoms with Crippen molar-refractivity contribution in [2.75, 3.05) is 5.88 Å². The Labute approximate surface area is 94.5 Å². The van der Waals surface area contributed by atoms with Crippen molar-refractivity contribution in [3.8, 4) is 0 Å². The molecule has 0 saturated carbocycles. The molecule has 1 nitrogen and oxygen atoms in total. The first-order valence-electron chi connectivity index (χ1n) is 3.90. The molecule has 0 aliphatic carbocycles. The van der Waals surface area contributed by atoms with Crippen LogP contribution in [0.15, 0.2) is 18.3 Å². The molecule has 0 radical (unpaired) electrons. The first-order valence-corrected chi connectivity index (χ1v) is 4.81. The highest BCUT2D eigenvalue weighted by Crippen LogP contribution is 2.34. The maximum Gasteiger partial charge on any atom is 0.419 e. The molecule has 1 rings (SSSR count). The summed E-state index contributed by atoms with van der Waals surface area (Å²) in [6.07, 6.45) is -0.270. The van der Waals surface area contributed by atoms with E-state index in [-0.39, 0.29) is 5.88 Å². The van der Waals surface area contributed by atoms with Crippen LogP contribution in [0.5, 0.6) is 0 Å². The lowest BCUT2D eigenvalue weighted by Gasteiger charge is -2.08. The molecule has 0 atom stereocenters. The Morgan fingerprint density at radius 2 is 2.07 bits per heavy atom. The summed E-state index contributed by atoms with van der Waals surface area (Å²) in [5, 5.41) is -0.550. The molecule has 82 valence electrons. The number of nitrogens with zero attached hydrogens (tertiary/aromatic N) is 1. The Bertz CT molecular complexity index is 374. The third-order valence-electron chi connectivity index (χ3n) is 1.57. The van der Waals surface area contributed by atoms with Crippen LogP contribution >= 0.6 is 23.2 Å². The monoisotopic (exact) mass is 255 g/mol. The zero-order valence-corrected chi connectivity index (χ0v) is 8.87. The van der Waals surface area contributed by atoms with Crippen LogP contribution in [0.3, 0.4) is 0 Å². The normalized spacial score (nSPS) is 12.3. The molecule has 1 aromatic rings. The molecule has 0 unspecified atom stereocenters. The second kappa shape index (κ2) is 4.86. The van der Waals surface area contributed by atoms with E-state index in [9.17, 15) is 13.2 Å². The highest BCUT2D eigenvalue weighted by Gasteiger charge is 2.33. The quantitative estimate of drug-likeness (QED) is 0.575. The SMILES string of the molecule is FC(F)(F)c1cc(C=CCCl)cnc1Cl. The Hall–Kier alpha value is -0.740. The Morgan fingerprint density at radius 3 is 2.60 bits per heavy atom. The molecule has 1 aromatic heterocycles. The van der Waals surface area contributed by atoms with E-state index >= 15 is 0 Å². The molecule has 1 heterocycles. The molecule has 0 spiro atoms. The first kappa shape index (κ1) is 12.3. The smallest absolute Gasteiger partial charge is 0.243 e. The minimum Gasteiger partial charge on any atom is -0.243 e. The van der Waals surface area contributed by atoms with Crippen molar-refractivity contribution in [1.82, 2.24) is 4.98 Å². The van der Waals surface area contributed by atoms with Gasteiger partial charge in [0, 0.05) is 12.1 Å². The average Bonchev–Trinajstić information content (AvgIpc) is 2.15. The van der Waals surface area contributed by atoms with Crippen LogP contribution in [0.2, 0.25) is 5.15 Å². The number of rotatable bonds is 2. The largest absolute Gasteiger partial charge is 0.419 e. The highest BCUT2D eigenvalue weighted by molar-refractivity contribution is 6.30. The predicted molar refractivity (Wildman–Crippen MR) is 54.0 cm³/mol.